The molecule has 1 aliphatic heterocycles. The lowest BCUT2D eigenvalue weighted by Gasteiger charge is -2.36. The van der Waals surface area contributed by atoms with Gasteiger partial charge in [-0.15, -0.1) is 5.10 Å². The Balaban J connectivity index is 1.64. The maximum absolute atomic E-state index is 13.7. The minimum atomic E-state index is -4.65. The second-order valence-electron chi connectivity index (χ2n) is 10.5. The van der Waals surface area contributed by atoms with Crippen LogP contribution in [-0.4, -0.2) is 37.5 Å². The number of rotatable bonds is 9. The van der Waals surface area contributed by atoms with Crippen molar-refractivity contribution in [1.82, 2.24) is 19.3 Å². The number of aryl methyl sites for hydroxylation is 1. The molecular weight excluding hydrogens is 615 g/mol. The molecule has 5 rings (SSSR count). The third-order valence-electron chi connectivity index (χ3n) is 7.65. The number of anilines is 2. The van der Waals surface area contributed by atoms with Gasteiger partial charge in [-0.1, -0.05) is 24.8 Å². The fraction of sp³-hybridized carbons (Fsp3) is 0.182. The molecule has 0 amide bonds. The summed E-state index contributed by atoms with van der Waals surface area (Å²) in [5, 5.41) is 25.7. The standard InChI is InChI=1S/C33H28F3N7O4/c1-4-22(19-37)8-9-23(14-15-40-16-17-41(20-40)25-10-12-27(44)13-11-25)29-28(30(45)47-3)21(2)42(31-38-39-32(46)43(29)31)26-7-5-6-24(18-26)33(34,35)36/h4-13,16-18,20,29H,1,14-15H2,2-3H3,(H-,39,44,46)/p+1/b22-8+,23-9+/t29-/m1/s1. The van der Waals surface area contributed by atoms with Crippen LogP contribution in [0.1, 0.15) is 24.9 Å². The maximum atomic E-state index is 13.7. The number of carbonyl (C=O) groups is 1. The Bertz CT molecular complexity index is 2030. The van der Waals surface area contributed by atoms with E-state index in [9.17, 15) is 33.1 Å². The summed E-state index contributed by atoms with van der Waals surface area (Å²) >= 11 is 0. The predicted octanol–water partition coefficient (Wildman–Crippen LogP) is 5.17. The number of hydrogen-bond acceptors (Lipinski definition) is 7. The smallest absolute Gasteiger partial charge is 0.416 e. The number of imidazole rings is 1. The van der Waals surface area contributed by atoms with E-state index in [1.54, 1.807) is 30.3 Å². The highest BCUT2D eigenvalue weighted by atomic mass is 19.4. The van der Waals surface area contributed by atoms with Gasteiger partial charge in [0, 0.05) is 17.8 Å². The van der Waals surface area contributed by atoms with Gasteiger partial charge in [-0.3, -0.25) is 4.90 Å². The van der Waals surface area contributed by atoms with E-state index in [1.165, 1.54) is 47.8 Å². The van der Waals surface area contributed by atoms with Crippen molar-refractivity contribution in [3.63, 3.8) is 0 Å². The molecule has 0 saturated carbocycles. The molecule has 0 bridgehead atoms. The lowest BCUT2D eigenvalue weighted by Crippen LogP contribution is -2.39. The molecule has 2 aromatic carbocycles. The van der Waals surface area contributed by atoms with Crippen molar-refractivity contribution in [3.8, 4) is 17.5 Å². The van der Waals surface area contributed by atoms with Crippen LogP contribution < -0.4 is 15.2 Å². The van der Waals surface area contributed by atoms with Gasteiger partial charge in [-0.2, -0.15) is 18.4 Å². The number of methoxy groups -OCH3 is 1. The predicted molar refractivity (Wildman–Crippen MR) is 164 cm³/mol. The van der Waals surface area contributed by atoms with Gasteiger partial charge in [0.05, 0.1) is 42.5 Å². The summed E-state index contributed by atoms with van der Waals surface area (Å²) < 4.78 is 51.0. The molecule has 0 radical (unpaired) electrons. The molecule has 11 nitrogen and oxygen atoms in total. The van der Waals surface area contributed by atoms with Gasteiger partial charge in [0.15, 0.2) is 0 Å². The highest BCUT2D eigenvalue weighted by Crippen LogP contribution is 2.43. The average Bonchev–Trinajstić information content (AvgIpc) is 3.69. The first-order valence-electron chi connectivity index (χ1n) is 14.2. The van der Waals surface area contributed by atoms with Gasteiger partial charge < -0.3 is 9.84 Å². The highest BCUT2D eigenvalue weighted by Gasteiger charge is 2.41. The number of phenolic OH excluding ortho intramolecular Hbond substituents is 1. The Morgan fingerprint density at radius 1 is 1.21 bits per heavy atom. The number of hydrogen-bond donors (Lipinski definition) is 2. The zero-order chi connectivity index (χ0) is 33.9. The number of esters is 1. The third kappa shape index (κ3) is 6.50. The number of H-pyrrole nitrogens is 1. The number of allylic oxidation sites excluding steroid dienone is 6. The number of nitrogens with zero attached hydrogens (tertiary/aromatic N) is 6. The first-order valence-corrected chi connectivity index (χ1v) is 14.2. The number of nitriles is 1. The Kier molecular flexibility index (Phi) is 9.00. The number of aromatic amines is 1. The van der Waals surface area contributed by atoms with E-state index in [2.05, 4.69) is 16.8 Å². The first kappa shape index (κ1) is 32.3. The van der Waals surface area contributed by atoms with E-state index in [0.717, 1.165) is 17.8 Å². The van der Waals surface area contributed by atoms with Gasteiger partial charge in [0.25, 0.3) is 0 Å². The van der Waals surface area contributed by atoms with Crippen molar-refractivity contribution in [3.05, 3.63) is 131 Å². The molecule has 0 fully saturated rings. The minimum Gasteiger partial charge on any atom is -0.508 e. The number of benzene rings is 2. The van der Waals surface area contributed by atoms with Crippen molar-refractivity contribution in [2.45, 2.75) is 32.1 Å². The van der Waals surface area contributed by atoms with Crippen LogP contribution in [0.15, 0.2) is 119 Å². The first-order chi connectivity index (χ1) is 22.5. The van der Waals surface area contributed by atoms with Crippen molar-refractivity contribution in [2.75, 3.05) is 12.0 Å². The summed E-state index contributed by atoms with van der Waals surface area (Å²) in [6.07, 6.45) is 5.52. The summed E-state index contributed by atoms with van der Waals surface area (Å²) in [7, 11) is 1.17. The topological polar surface area (TPSA) is 133 Å². The van der Waals surface area contributed by atoms with Crippen LogP contribution >= 0.6 is 0 Å². The minimum absolute atomic E-state index is 0.00987. The molecule has 14 heteroatoms. The monoisotopic (exact) mass is 644 g/mol. The van der Waals surface area contributed by atoms with Crippen LogP contribution in [0.5, 0.6) is 5.75 Å². The summed E-state index contributed by atoms with van der Waals surface area (Å²) in [5.74, 6) is -0.728. The molecule has 240 valence electrons. The van der Waals surface area contributed by atoms with Crippen LogP contribution in [0.4, 0.5) is 24.8 Å². The molecule has 3 heterocycles. The normalized spacial score (nSPS) is 15.3. The fourth-order valence-corrected chi connectivity index (χ4v) is 5.36. The van der Waals surface area contributed by atoms with E-state index in [0.29, 0.717) is 12.1 Å². The molecular formula is C33H29F3N7O4+. The molecule has 2 aromatic heterocycles. The van der Waals surface area contributed by atoms with E-state index in [1.807, 2.05) is 33.9 Å². The van der Waals surface area contributed by atoms with Crippen LogP contribution in [0.2, 0.25) is 0 Å². The molecule has 1 aliphatic rings. The molecule has 0 unspecified atom stereocenters. The second-order valence-corrected chi connectivity index (χ2v) is 10.5. The Morgan fingerprint density at radius 2 is 1.96 bits per heavy atom. The number of phenols is 1. The zero-order valence-corrected chi connectivity index (χ0v) is 25.3. The Hall–Kier alpha value is -6.10. The van der Waals surface area contributed by atoms with E-state index in [-0.39, 0.29) is 40.6 Å². The third-order valence-corrected chi connectivity index (χ3v) is 7.65. The molecule has 1 atom stereocenters. The molecule has 4 aromatic rings. The Morgan fingerprint density at radius 3 is 2.62 bits per heavy atom. The van der Waals surface area contributed by atoms with Crippen LogP contribution in [0.25, 0.3) is 5.69 Å². The zero-order valence-electron chi connectivity index (χ0n) is 25.3. The van der Waals surface area contributed by atoms with Gasteiger partial charge in [0.1, 0.15) is 23.8 Å². The fourth-order valence-electron chi connectivity index (χ4n) is 5.36. The lowest BCUT2D eigenvalue weighted by atomic mass is 9.91. The van der Waals surface area contributed by atoms with E-state index >= 15 is 0 Å². The summed E-state index contributed by atoms with van der Waals surface area (Å²) in [6, 6.07) is 12.0. The van der Waals surface area contributed by atoms with Crippen LogP contribution in [0.3, 0.4) is 0 Å². The van der Waals surface area contributed by atoms with E-state index < -0.39 is 29.4 Å². The van der Waals surface area contributed by atoms with E-state index in [4.69, 9.17) is 4.74 Å². The van der Waals surface area contributed by atoms with Crippen molar-refractivity contribution in [1.29, 1.82) is 5.26 Å². The number of fused-ring (bicyclic) bond motifs is 1. The van der Waals surface area contributed by atoms with Crippen molar-refractivity contribution < 1.29 is 32.4 Å². The Labute approximate surface area is 266 Å². The number of ether oxygens (including phenoxy) is 1. The summed E-state index contributed by atoms with van der Waals surface area (Å²) in [5.41, 5.74) is 0.0704. The van der Waals surface area contributed by atoms with Crippen molar-refractivity contribution in [2.24, 2.45) is 0 Å². The number of alkyl halides is 3. The maximum Gasteiger partial charge on any atom is 0.416 e. The van der Waals surface area contributed by atoms with Gasteiger partial charge in [-0.05, 0) is 61.0 Å². The van der Waals surface area contributed by atoms with Gasteiger partial charge in [-0.25, -0.2) is 28.4 Å². The summed E-state index contributed by atoms with van der Waals surface area (Å²) in [6.45, 7) is 5.53. The number of aromatic hydroxyl groups is 1. The van der Waals surface area contributed by atoms with Crippen molar-refractivity contribution >= 4 is 17.6 Å². The number of halogens is 3. The van der Waals surface area contributed by atoms with Gasteiger partial charge in [0.2, 0.25) is 12.3 Å². The molecule has 0 spiro atoms. The molecule has 2 N–H and O–H groups in total. The molecule has 47 heavy (non-hydrogen) atoms. The SMILES string of the molecule is C=C/C(C#N)=C\C=C(/CC[n+]1ccn(-c2ccc(O)cc2)c1)[C@@H]1C(C(=O)OC)=C(C)N(c2cccc(C(F)(F)F)c2)c2n[nH]c(=O)n21. The van der Waals surface area contributed by atoms with Crippen LogP contribution in [-0.2, 0) is 22.3 Å². The molecule has 0 aliphatic carbocycles. The highest BCUT2D eigenvalue weighted by molar-refractivity contribution is 5.93. The van der Waals surface area contributed by atoms with Gasteiger partial charge >= 0.3 is 17.8 Å². The largest absolute Gasteiger partial charge is 0.508 e. The average molecular weight is 645 g/mol. The number of nitrogens with one attached hydrogen (secondary N) is 1. The quantitative estimate of drug-likeness (QED) is 0.111. The number of aromatic nitrogens is 5. The van der Waals surface area contributed by atoms with Crippen LogP contribution in [0, 0.1) is 11.3 Å². The molecule has 0 saturated heterocycles. The lowest BCUT2D eigenvalue weighted by molar-refractivity contribution is -0.695. The summed E-state index contributed by atoms with van der Waals surface area (Å²) in [4.78, 5) is 28.1. The second kappa shape index (κ2) is 13.1. The number of carbonyl (C=O) groups excluding carboxylic acids is 1.